The molecule has 0 bridgehead atoms. The maximum absolute atomic E-state index is 8.70. The number of imidazole rings is 1. The average molecular weight is 204 g/mol. The van der Waals surface area contributed by atoms with Crippen LogP contribution in [0, 0.1) is 6.92 Å². The highest BCUT2D eigenvalue weighted by Gasteiger charge is 2.03. The first-order chi connectivity index (χ1) is 7.31. The van der Waals surface area contributed by atoms with Gasteiger partial charge in [-0.3, -0.25) is 0 Å². The van der Waals surface area contributed by atoms with Gasteiger partial charge in [0, 0.05) is 13.0 Å². The molecule has 0 radical (unpaired) electrons. The lowest BCUT2D eigenvalue weighted by Crippen LogP contribution is -1.90. The van der Waals surface area contributed by atoms with Crippen LogP contribution in [0.25, 0.3) is 11.0 Å². The SMILES string of the molecule is Cc1cccc2[nH]c(CCCCO)nc12. The van der Waals surface area contributed by atoms with Crippen molar-refractivity contribution in [2.45, 2.75) is 26.2 Å². The number of aliphatic hydroxyl groups excluding tert-OH is 1. The maximum Gasteiger partial charge on any atom is 0.107 e. The Labute approximate surface area is 89.2 Å². The van der Waals surface area contributed by atoms with Gasteiger partial charge in [0.25, 0.3) is 0 Å². The number of nitrogens with one attached hydrogen (secondary N) is 1. The van der Waals surface area contributed by atoms with Crippen LogP contribution in [-0.2, 0) is 6.42 Å². The normalized spacial score (nSPS) is 11.1. The fraction of sp³-hybridized carbons (Fsp3) is 0.417. The van der Waals surface area contributed by atoms with Gasteiger partial charge in [0.15, 0.2) is 0 Å². The van der Waals surface area contributed by atoms with E-state index in [-0.39, 0.29) is 6.61 Å². The van der Waals surface area contributed by atoms with Crippen molar-refractivity contribution in [3.63, 3.8) is 0 Å². The summed E-state index contributed by atoms with van der Waals surface area (Å²) in [5, 5.41) is 8.70. The number of unbranched alkanes of at least 4 members (excludes halogenated alkanes) is 1. The minimum atomic E-state index is 0.263. The largest absolute Gasteiger partial charge is 0.396 e. The zero-order valence-corrected chi connectivity index (χ0v) is 8.95. The molecule has 2 rings (SSSR count). The number of fused-ring (bicyclic) bond motifs is 1. The summed E-state index contributed by atoms with van der Waals surface area (Å²) >= 11 is 0. The summed E-state index contributed by atoms with van der Waals surface area (Å²) < 4.78 is 0. The summed E-state index contributed by atoms with van der Waals surface area (Å²) in [6.45, 7) is 2.33. The molecular formula is C12H16N2O. The third-order valence-corrected chi connectivity index (χ3v) is 2.59. The molecule has 0 aliphatic carbocycles. The number of aromatic amines is 1. The number of H-pyrrole nitrogens is 1. The molecule has 2 N–H and O–H groups in total. The third kappa shape index (κ3) is 2.18. The van der Waals surface area contributed by atoms with E-state index in [4.69, 9.17) is 5.11 Å². The van der Waals surface area contributed by atoms with E-state index in [1.165, 1.54) is 5.56 Å². The zero-order chi connectivity index (χ0) is 10.7. The van der Waals surface area contributed by atoms with Crippen molar-refractivity contribution < 1.29 is 5.11 Å². The molecule has 80 valence electrons. The first-order valence-corrected chi connectivity index (χ1v) is 5.36. The lowest BCUT2D eigenvalue weighted by molar-refractivity contribution is 0.284. The second-order valence-electron chi connectivity index (χ2n) is 3.84. The van der Waals surface area contributed by atoms with Gasteiger partial charge in [-0.15, -0.1) is 0 Å². The minimum absolute atomic E-state index is 0.263. The molecule has 0 unspecified atom stereocenters. The van der Waals surface area contributed by atoms with Crippen LogP contribution in [0.3, 0.4) is 0 Å². The predicted octanol–water partition coefficient (Wildman–Crippen LogP) is 2.19. The molecule has 2 aromatic rings. The van der Waals surface area contributed by atoms with Crippen molar-refractivity contribution >= 4 is 11.0 Å². The zero-order valence-electron chi connectivity index (χ0n) is 8.95. The Morgan fingerprint density at radius 3 is 2.93 bits per heavy atom. The van der Waals surface area contributed by atoms with Crippen LogP contribution in [0.1, 0.15) is 24.2 Å². The van der Waals surface area contributed by atoms with Gasteiger partial charge in [-0.05, 0) is 31.4 Å². The van der Waals surface area contributed by atoms with Gasteiger partial charge in [0.1, 0.15) is 5.82 Å². The van der Waals surface area contributed by atoms with E-state index in [0.717, 1.165) is 36.1 Å². The van der Waals surface area contributed by atoms with Crippen LogP contribution >= 0.6 is 0 Å². The van der Waals surface area contributed by atoms with Crippen LogP contribution in [-0.4, -0.2) is 21.7 Å². The first kappa shape index (κ1) is 10.2. The number of hydrogen-bond donors (Lipinski definition) is 2. The third-order valence-electron chi connectivity index (χ3n) is 2.59. The smallest absolute Gasteiger partial charge is 0.107 e. The van der Waals surface area contributed by atoms with E-state index >= 15 is 0 Å². The molecule has 0 saturated carbocycles. The minimum Gasteiger partial charge on any atom is -0.396 e. The van der Waals surface area contributed by atoms with Crippen LogP contribution < -0.4 is 0 Å². The molecular weight excluding hydrogens is 188 g/mol. The molecule has 0 saturated heterocycles. The van der Waals surface area contributed by atoms with E-state index in [9.17, 15) is 0 Å². The average Bonchev–Trinajstić information content (AvgIpc) is 2.63. The number of nitrogens with zero attached hydrogens (tertiary/aromatic N) is 1. The van der Waals surface area contributed by atoms with Crippen molar-refractivity contribution in [3.8, 4) is 0 Å². The van der Waals surface area contributed by atoms with Crippen molar-refractivity contribution in [2.24, 2.45) is 0 Å². The standard InChI is InChI=1S/C12H16N2O/c1-9-5-4-6-10-12(9)14-11(13-10)7-2-3-8-15/h4-6,15H,2-3,7-8H2,1H3,(H,13,14). The number of para-hydroxylation sites is 1. The quantitative estimate of drug-likeness (QED) is 0.750. The number of aliphatic hydroxyl groups is 1. The summed E-state index contributed by atoms with van der Waals surface area (Å²) in [6, 6.07) is 6.15. The van der Waals surface area contributed by atoms with E-state index in [2.05, 4.69) is 23.0 Å². The molecule has 0 amide bonds. The fourth-order valence-corrected chi connectivity index (χ4v) is 1.75. The molecule has 3 heteroatoms. The summed E-state index contributed by atoms with van der Waals surface area (Å²) in [4.78, 5) is 7.85. The van der Waals surface area contributed by atoms with Crippen molar-refractivity contribution in [1.29, 1.82) is 0 Å². The van der Waals surface area contributed by atoms with E-state index in [1.807, 2.05) is 12.1 Å². The molecule has 15 heavy (non-hydrogen) atoms. The molecule has 0 aliphatic rings. The van der Waals surface area contributed by atoms with E-state index in [1.54, 1.807) is 0 Å². The monoisotopic (exact) mass is 204 g/mol. The highest BCUT2D eigenvalue weighted by atomic mass is 16.2. The summed E-state index contributed by atoms with van der Waals surface area (Å²) in [7, 11) is 0. The van der Waals surface area contributed by atoms with E-state index < -0.39 is 0 Å². The van der Waals surface area contributed by atoms with Gasteiger partial charge in [0.05, 0.1) is 11.0 Å². The van der Waals surface area contributed by atoms with Gasteiger partial charge < -0.3 is 10.1 Å². The molecule has 1 aromatic carbocycles. The number of aryl methyl sites for hydroxylation is 2. The highest BCUT2D eigenvalue weighted by Crippen LogP contribution is 2.16. The number of hydrogen-bond acceptors (Lipinski definition) is 2. The Kier molecular flexibility index (Phi) is 3.02. The van der Waals surface area contributed by atoms with Crippen molar-refractivity contribution in [1.82, 2.24) is 9.97 Å². The first-order valence-electron chi connectivity index (χ1n) is 5.36. The van der Waals surface area contributed by atoms with E-state index in [0.29, 0.717) is 0 Å². The summed E-state index contributed by atoms with van der Waals surface area (Å²) in [6.07, 6.45) is 2.74. The summed E-state index contributed by atoms with van der Waals surface area (Å²) in [5.74, 6) is 1.02. The Morgan fingerprint density at radius 2 is 2.20 bits per heavy atom. The number of rotatable bonds is 4. The predicted molar refractivity (Wildman–Crippen MR) is 60.9 cm³/mol. The van der Waals surface area contributed by atoms with Gasteiger partial charge in [-0.1, -0.05) is 12.1 Å². The number of benzene rings is 1. The van der Waals surface area contributed by atoms with Crippen LogP contribution in [0.2, 0.25) is 0 Å². The molecule has 0 fully saturated rings. The van der Waals surface area contributed by atoms with Crippen LogP contribution in [0.15, 0.2) is 18.2 Å². The molecule has 0 spiro atoms. The Bertz CT molecular complexity index is 448. The molecule has 3 nitrogen and oxygen atoms in total. The van der Waals surface area contributed by atoms with Gasteiger partial charge >= 0.3 is 0 Å². The van der Waals surface area contributed by atoms with Gasteiger partial charge in [-0.2, -0.15) is 0 Å². The molecule has 1 heterocycles. The lowest BCUT2D eigenvalue weighted by atomic mass is 10.2. The van der Waals surface area contributed by atoms with Crippen LogP contribution in [0.4, 0.5) is 0 Å². The van der Waals surface area contributed by atoms with Crippen molar-refractivity contribution in [3.05, 3.63) is 29.6 Å². The second kappa shape index (κ2) is 4.45. The fourth-order valence-electron chi connectivity index (χ4n) is 1.75. The number of aromatic nitrogens is 2. The molecule has 0 aliphatic heterocycles. The highest BCUT2D eigenvalue weighted by molar-refractivity contribution is 5.78. The summed E-state index contributed by atoms with van der Waals surface area (Å²) in [5.41, 5.74) is 3.38. The van der Waals surface area contributed by atoms with Gasteiger partial charge in [-0.25, -0.2) is 4.98 Å². The Balaban J connectivity index is 2.20. The Morgan fingerprint density at radius 1 is 1.33 bits per heavy atom. The maximum atomic E-state index is 8.70. The van der Waals surface area contributed by atoms with Gasteiger partial charge in [0.2, 0.25) is 0 Å². The van der Waals surface area contributed by atoms with Crippen LogP contribution in [0.5, 0.6) is 0 Å². The van der Waals surface area contributed by atoms with Crippen molar-refractivity contribution in [2.75, 3.05) is 6.61 Å². The second-order valence-corrected chi connectivity index (χ2v) is 3.84. The Hall–Kier alpha value is -1.35. The topological polar surface area (TPSA) is 48.9 Å². The molecule has 0 atom stereocenters. The lowest BCUT2D eigenvalue weighted by Gasteiger charge is -1.93. The molecule has 1 aromatic heterocycles.